The van der Waals surface area contributed by atoms with Gasteiger partial charge in [-0.1, -0.05) is 50.6 Å². The second kappa shape index (κ2) is 15.5. The normalized spacial score (nSPS) is 12.1. The van der Waals surface area contributed by atoms with E-state index in [1.807, 2.05) is 18.6 Å². The van der Waals surface area contributed by atoms with Gasteiger partial charge in [0.2, 0.25) is 0 Å². The highest BCUT2D eigenvalue weighted by Crippen LogP contribution is 2.34. The summed E-state index contributed by atoms with van der Waals surface area (Å²) in [6.07, 6.45) is -4.13. The van der Waals surface area contributed by atoms with E-state index in [4.69, 9.17) is 4.74 Å². The van der Waals surface area contributed by atoms with Gasteiger partial charge in [-0.15, -0.1) is 5.10 Å². The van der Waals surface area contributed by atoms with Crippen molar-refractivity contribution in [1.82, 2.24) is 24.4 Å². The molecule has 2 N–H and O–H groups in total. The van der Waals surface area contributed by atoms with E-state index in [9.17, 15) is 36.0 Å². The number of carbonyl (C=O) groups excluding carboxylic acids is 2. The van der Waals surface area contributed by atoms with Crippen molar-refractivity contribution in [2.45, 2.75) is 83.5 Å². The van der Waals surface area contributed by atoms with E-state index in [1.165, 1.54) is 36.4 Å². The van der Waals surface area contributed by atoms with E-state index < -0.39 is 63.1 Å². The Morgan fingerprint density at radius 3 is 2.29 bits per heavy atom. The number of benzene rings is 3. The highest BCUT2D eigenvalue weighted by Gasteiger charge is 2.36. The Morgan fingerprint density at radius 1 is 0.961 bits per heavy atom. The van der Waals surface area contributed by atoms with Crippen LogP contribution in [-0.4, -0.2) is 46.9 Å². The van der Waals surface area contributed by atoms with Crippen molar-refractivity contribution in [3.63, 3.8) is 0 Å². The molecule has 0 atom stereocenters. The molecule has 0 aliphatic carbocycles. The van der Waals surface area contributed by atoms with Crippen LogP contribution in [-0.2, 0) is 33.9 Å². The first-order valence-electron chi connectivity index (χ1n) is 16.2. The molecule has 4 aromatic rings. The Kier molecular flexibility index (Phi) is 11.8. The van der Waals surface area contributed by atoms with Crippen molar-refractivity contribution >= 4 is 22.0 Å². The van der Waals surface area contributed by atoms with Crippen LogP contribution in [0.2, 0.25) is 0 Å². The SMILES string of the molecule is CCCCc1nn(-c2cc(C(=O)NCCC)ccc2C(F)(F)F)c(=O)n1Cc1ccc(-c2ccccc2S(=O)(=O)NC(=O)OC(C)(C)C)cc1F. The molecule has 4 rings (SSSR count). The molecule has 0 saturated heterocycles. The molecular formula is C35H39F4N5O6S. The first-order valence-corrected chi connectivity index (χ1v) is 17.7. The van der Waals surface area contributed by atoms with E-state index in [1.54, 1.807) is 20.8 Å². The van der Waals surface area contributed by atoms with Crippen molar-refractivity contribution in [1.29, 1.82) is 0 Å². The average Bonchev–Trinajstić information content (AvgIpc) is 3.35. The third-order valence-corrected chi connectivity index (χ3v) is 8.88. The van der Waals surface area contributed by atoms with Gasteiger partial charge in [0.15, 0.2) is 0 Å². The Morgan fingerprint density at radius 2 is 1.67 bits per heavy atom. The van der Waals surface area contributed by atoms with Crippen LogP contribution in [0.3, 0.4) is 0 Å². The molecule has 16 heteroatoms. The zero-order valence-corrected chi connectivity index (χ0v) is 29.5. The summed E-state index contributed by atoms with van der Waals surface area (Å²) in [6.45, 7) is 8.26. The third-order valence-electron chi connectivity index (χ3n) is 7.51. The largest absolute Gasteiger partial charge is 0.443 e. The molecule has 3 aromatic carbocycles. The fourth-order valence-corrected chi connectivity index (χ4v) is 6.22. The number of halogens is 4. The van der Waals surface area contributed by atoms with Crippen LogP contribution in [0.1, 0.15) is 81.2 Å². The number of carbonyl (C=O) groups is 2. The second-order valence-corrected chi connectivity index (χ2v) is 14.3. The van der Waals surface area contributed by atoms with Gasteiger partial charge in [-0.3, -0.25) is 9.36 Å². The van der Waals surface area contributed by atoms with Crippen molar-refractivity contribution in [3.8, 4) is 16.8 Å². The molecule has 51 heavy (non-hydrogen) atoms. The Labute approximate surface area is 292 Å². The average molecular weight is 734 g/mol. The molecule has 0 saturated carbocycles. The van der Waals surface area contributed by atoms with Crippen molar-refractivity contribution in [2.24, 2.45) is 0 Å². The maximum atomic E-state index is 15.8. The number of sulfonamides is 1. The second-order valence-electron chi connectivity index (χ2n) is 12.7. The molecule has 0 aliphatic heterocycles. The van der Waals surface area contributed by atoms with Crippen molar-refractivity contribution in [2.75, 3.05) is 6.54 Å². The van der Waals surface area contributed by atoms with E-state index >= 15 is 4.39 Å². The van der Waals surface area contributed by atoms with E-state index in [2.05, 4.69) is 10.4 Å². The number of aryl methyl sites for hydroxylation is 1. The van der Waals surface area contributed by atoms with E-state index in [0.717, 1.165) is 22.8 Å². The number of ether oxygens (including phenoxy) is 1. The molecule has 1 heterocycles. The fourth-order valence-electron chi connectivity index (χ4n) is 5.12. The Balaban J connectivity index is 1.75. The zero-order valence-electron chi connectivity index (χ0n) is 28.7. The lowest BCUT2D eigenvalue weighted by atomic mass is 10.0. The van der Waals surface area contributed by atoms with Crippen LogP contribution in [0, 0.1) is 5.82 Å². The number of unbranched alkanes of at least 4 members (excludes halogenated alkanes) is 1. The van der Waals surface area contributed by atoms with Crippen LogP contribution in [0.5, 0.6) is 0 Å². The lowest BCUT2D eigenvalue weighted by Gasteiger charge is -2.20. The number of aromatic nitrogens is 3. The van der Waals surface area contributed by atoms with Gasteiger partial charge in [0.25, 0.3) is 15.9 Å². The number of hydrogen-bond donors (Lipinski definition) is 2. The molecule has 0 radical (unpaired) electrons. The smallest absolute Gasteiger partial charge is 0.421 e. The van der Waals surface area contributed by atoms with E-state index in [0.29, 0.717) is 36.6 Å². The predicted molar refractivity (Wildman–Crippen MR) is 182 cm³/mol. The Hall–Kier alpha value is -4.99. The number of rotatable bonds is 12. The van der Waals surface area contributed by atoms with Crippen LogP contribution >= 0.6 is 0 Å². The first kappa shape index (κ1) is 38.8. The molecule has 274 valence electrons. The summed E-state index contributed by atoms with van der Waals surface area (Å²) >= 11 is 0. The topological polar surface area (TPSA) is 141 Å². The van der Waals surface area contributed by atoms with Gasteiger partial charge in [-0.2, -0.15) is 17.9 Å². The van der Waals surface area contributed by atoms with Crippen LogP contribution in [0.4, 0.5) is 22.4 Å². The number of amides is 2. The lowest BCUT2D eigenvalue weighted by molar-refractivity contribution is -0.137. The minimum absolute atomic E-state index is 0.0332. The van der Waals surface area contributed by atoms with Crippen LogP contribution < -0.4 is 15.7 Å². The van der Waals surface area contributed by atoms with Gasteiger partial charge in [0, 0.05) is 29.7 Å². The summed E-state index contributed by atoms with van der Waals surface area (Å²) in [5, 5.41) is 6.83. The summed E-state index contributed by atoms with van der Waals surface area (Å²) in [7, 11) is -4.46. The molecule has 0 unspecified atom stereocenters. The third kappa shape index (κ3) is 9.42. The predicted octanol–water partition coefficient (Wildman–Crippen LogP) is 6.60. The molecule has 0 fully saturated rings. The van der Waals surface area contributed by atoms with Crippen molar-refractivity contribution < 1.29 is 40.3 Å². The standard InChI is InChI=1S/C35H39F4N5O6S/c1-6-8-13-30-41-44(28-20-23(31(45)40-18-7-2)16-17-26(28)35(37,38)39)33(47)43(30)21-24-15-14-22(19-27(24)36)25-11-9-10-12-29(25)51(48,49)42-32(46)50-34(3,4)5/h9-12,14-17,19-20H,6-8,13,18,21H2,1-5H3,(H,40,45)(H,42,46). The lowest BCUT2D eigenvalue weighted by Crippen LogP contribution is -2.36. The van der Waals surface area contributed by atoms with Crippen molar-refractivity contribution in [3.05, 3.63) is 99.5 Å². The van der Waals surface area contributed by atoms with Gasteiger partial charge in [-0.25, -0.2) is 27.1 Å². The number of nitrogens with zero attached hydrogens (tertiary/aromatic N) is 3. The summed E-state index contributed by atoms with van der Waals surface area (Å²) in [6, 6.07) is 12.1. The molecule has 1 aromatic heterocycles. The number of nitrogens with one attached hydrogen (secondary N) is 2. The summed E-state index contributed by atoms with van der Waals surface area (Å²) in [5.74, 6) is -1.36. The first-order chi connectivity index (χ1) is 23.9. The molecule has 2 amide bonds. The van der Waals surface area contributed by atoms with Gasteiger partial charge in [-0.05, 0) is 69.5 Å². The monoisotopic (exact) mass is 733 g/mol. The van der Waals surface area contributed by atoms with Gasteiger partial charge in [0.05, 0.1) is 22.7 Å². The maximum absolute atomic E-state index is 15.8. The quantitative estimate of drug-likeness (QED) is 0.156. The Bertz CT molecular complexity index is 2080. The zero-order chi connectivity index (χ0) is 37.7. The molecule has 0 bridgehead atoms. The number of hydrogen-bond acceptors (Lipinski definition) is 7. The highest BCUT2D eigenvalue weighted by molar-refractivity contribution is 7.90. The maximum Gasteiger partial charge on any atom is 0.421 e. The number of alkyl halides is 3. The molecular weight excluding hydrogens is 694 g/mol. The molecule has 0 spiro atoms. The van der Waals surface area contributed by atoms with E-state index in [-0.39, 0.29) is 39.4 Å². The minimum atomic E-state index is -4.89. The van der Waals surface area contributed by atoms with Gasteiger partial charge >= 0.3 is 18.0 Å². The fraction of sp³-hybridized carbons (Fsp3) is 0.371. The van der Waals surface area contributed by atoms with Crippen LogP contribution in [0.25, 0.3) is 16.8 Å². The minimum Gasteiger partial charge on any atom is -0.443 e. The summed E-state index contributed by atoms with van der Waals surface area (Å²) in [4.78, 5) is 38.3. The highest BCUT2D eigenvalue weighted by atomic mass is 32.2. The summed E-state index contributed by atoms with van der Waals surface area (Å²) in [5.41, 5.74) is -3.73. The summed E-state index contributed by atoms with van der Waals surface area (Å²) < 4.78 is 93.1. The van der Waals surface area contributed by atoms with Gasteiger partial charge < -0.3 is 10.1 Å². The molecule has 0 aliphatic rings. The van der Waals surface area contributed by atoms with Gasteiger partial charge in [0.1, 0.15) is 17.2 Å². The van der Waals surface area contributed by atoms with Crippen LogP contribution in [0.15, 0.2) is 70.4 Å². The molecule has 11 nitrogen and oxygen atoms in total.